The highest BCUT2D eigenvalue weighted by atomic mass is 127. The first kappa shape index (κ1) is 16.3. The zero-order valence-electron chi connectivity index (χ0n) is 10.6. The van der Waals surface area contributed by atoms with Crippen LogP contribution in [0.3, 0.4) is 0 Å². The van der Waals surface area contributed by atoms with Gasteiger partial charge in [0.15, 0.2) is 5.11 Å². The van der Waals surface area contributed by atoms with Crippen molar-refractivity contribution in [3.05, 3.63) is 27.6 Å². The van der Waals surface area contributed by atoms with Gasteiger partial charge in [-0.2, -0.15) is 0 Å². The molecule has 0 fully saturated rings. The maximum Gasteiger partial charge on any atom is 0.226 e. The Labute approximate surface area is 131 Å². The molecular formula is C13H16FIN2OS. The second-order valence-corrected chi connectivity index (χ2v) is 5.74. The summed E-state index contributed by atoms with van der Waals surface area (Å²) in [6.07, 6.45) is 3.34. The van der Waals surface area contributed by atoms with Crippen LogP contribution in [0.25, 0.3) is 0 Å². The molecule has 1 aromatic carbocycles. The first-order chi connectivity index (χ1) is 9.02. The van der Waals surface area contributed by atoms with Gasteiger partial charge in [0.05, 0.1) is 5.69 Å². The van der Waals surface area contributed by atoms with Crippen molar-refractivity contribution in [1.82, 2.24) is 5.32 Å². The van der Waals surface area contributed by atoms with E-state index in [0.29, 0.717) is 6.42 Å². The molecule has 0 saturated heterocycles. The molecule has 0 atom stereocenters. The Bertz CT molecular complexity index is 468. The van der Waals surface area contributed by atoms with Crippen molar-refractivity contribution < 1.29 is 9.18 Å². The van der Waals surface area contributed by atoms with Gasteiger partial charge in [-0.05, 0) is 59.4 Å². The second-order valence-electron chi connectivity index (χ2n) is 4.08. The number of carbonyl (C=O) groups is 1. The highest BCUT2D eigenvalue weighted by Crippen LogP contribution is 2.16. The monoisotopic (exact) mass is 394 g/mol. The van der Waals surface area contributed by atoms with E-state index in [1.165, 1.54) is 6.07 Å². The molecule has 0 bridgehead atoms. The van der Waals surface area contributed by atoms with Crippen molar-refractivity contribution in [1.29, 1.82) is 0 Å². The minimum absolute atomic E-state index is 0.126. The van der Waals surface area contributed by atoms with Crippen LogP contribution in [0, 0.1) is 9.39 Å². The van der Waals surface area contributed by atoms with E-state index in [9.17, 15) is 9.18 Å². The lowest BCUT2D eigenvalue weighted by Crippen LogP contribution is -2.34. The zero-order chi connectivity index (χ0) is 14.3. The minimum atomic E-state index is -0.394. The number of halogens is 2. The van der Waals surface area contributed by atoms with E-state index in [4.69, 9.17) is 12.2 Å². The lowest BCUT2D eigenvalue weighted by atomic mass is 10.2. The van der Waals surface area contributed by atoms with Gasteiger partial charge in [0, 0.05) is 9.99 Å². The average molecular weight is 394 g/mol. The molecule has 0 saturated carbocycles. The van der Waals surface area contributed by atoms with E-state index in [-0.39, 0.29) is 16.7 Å². The van der Waals surface area contributed by atoms with Gasteiger partial charge in [0.2, 0.25) is 5.91 Å². The summed E-state index contributed by atoms with van der Waals surface area (Å²) in [5, 5.41) is 5.35. The number of rotatable bonds is 5. The fraction of sp³-hybridized carbons (Fsp3) is 0.385. The van der Waals surface area contributed by atoms with E-state index < -0.39 is 5.82 Å². The summed E-state index contributed by atoms with van der Waals surface area (Å²) in [7, 11) is 0. The van der Waals surface area contributed by atoms with Crippen molar-refractivity contribution in [3.8, 4) is 0 Å². The van der Waals surface area contributed by atoms with Gasteiger partial charge in [0.25, 0.3) is 0 Å². The summed E-state index contributed by atoms with van der Waals surface area (Å²) < 4.78 is 14.4. The number of unbranched alkanes of at least 4 members (excludes halogenated alkanes) is 2. The van der Waals surface area contributed by atoms with Crippen LogP contribution in [-0.4, -0.2) is 11.0 Å². The molecule has 0 radical (unpaired) electrons. The van der Waals surface area contributed by atoms with Crippen LogP contribution in [0.5, 0.6) is 0 Å². The van der Waals surface area contributed by atoms with Gasteiger partial charge in [-0.15, -0.1) is 0 Å². The van der Waals surface area contributed by atoms with Gasteiger partial charge in [-0.25, -0.2) is 4.39 Å². The highest BCUT2D eigenvalue weighted by Gasteiger charge is 2.07. The fourth-order valence-electron chi connectivity index (χ4n) is 1.47. The van der Waals surface area contributed by atoms with Crippen LogP contribution in [-0.2, 0) is 4.79 Å². The third-order valence-electron chi connectivity index (χ3n) is 2.44. The van der Waals surface area contributed by atoms with Crippen LogP contribution < -0.4 is 10.6 Å². The number of carbonyl (C=O) groups excluding carboxylic acids is 1. The number of nitrogens with one attached hydrogen (secondary N) is 2. The van der Waals surface area contributed by atoms with Crippen LogP contribution in [0.2, 0.25) is 0 Å². The standard InChI is InChI=1S/C13H16FIN2OS/c1-2-3-4-5-12(18)17-13(19)16-11-7-6-9(15)8-10(11)14/h6-8H,2-5H2,1H3,(H2,16,17,18,19). The topological polar surface area (TPSA) is 41.1 Å². The Morgan fingerprint density at radius 2 is 2.16 bits per heavy atom. The molecule has 2 N–H and O–H groups in total. The molecule has 1 amide bonds. The molecule has 1 rings (SSSR count). The number of anilines is 1. The van der Waals surface area contributed by atoms with E-state index >= 15 is 0 Å². The lowest BCUT2D eigenvalue weighted by molar-refractivity contribution is -0.119. The predicted octanol–water partition coefficient (Wildman–Crippen LogP) is 3.82. The van der Waals surface area contributed by atoms with E-state index in [1.807, 2.05) is 22.6 Å². The molecule has 6 heteroatoms. The Kier molecular flexibility index (Phi) is 7.22. The molecular weight excluding hydrogens is 378 g/mol. The van der Waals surface area contributed by atoms with Crippen molar-refractivity contribution in [2.75, 3.05) is 5.32 Å². The van der Waals surface area contributed by atoms with Gasteiger partial charge < -0.3 is 10.6 Å². The molecule has 0 aliphatic carbocycles. The predicted molar refractivity (Wildman–Crippen MR) is 87.6 cm³/mol. The minimum Gasteiger partial charge on any atom is -0.330 e. The van der Waals surface area contributed by atoms with Gasteiger partial charge >= 0.3 is 0 Å². The third-order valence-corrected chi connectivity index (χ3v) is 3.31. The van der Waals surface area contributed by atoms with E-state index in [1.54, 1.807) is 12.1 Å². The lowest BCUT2D eigenvalue weighted by Gasteiger charge is -2.10. The number of hydrogen-bond acceptors (Lipinski definition) is 2. The Balaban J connectivity index is 2.44. The molecule has 0 unspecified atom stereocenters. The second kappa shape index (κ2) is 8.42. The summed E-state index contributed by atoms with van der Waals surface area (Å²) in [6, 6.07) is 4.75. The fourth-order valence-corrected chi connectivity index (χ4v) is 2.15. The molecule has 104 valence electrons. The van der Waals surface area contributed by atoms with Crippen molar-refractivity contribution in [3.63, 3.8) is 0 Å². The largest absolute Gasteiger partial charge is 0.330 e. The summed E-state index contributed by atoms with van der Waals surface area (Å²) in [6.45, 7) is 2.07. The number of thiocarbonyl (C=S) groups is 1. The molecule has 0 spiro atoms. The van der Waals surface area contributed by atoms with E-state index in [2.05, 4.69) is 17.6 Å². The maximum absolute atomic E-state index is 13.6. The van der Waals surface area contributed by atoms with Crippen molar-refractivity contribution in [2.45, 2.75) is 32.6 Å². The summed E-state index contributed by atoms with van der Waals surface area (Å²) in [4.78, 5) is 11.5. The van der Waals surface area contributed by atoms with Crippen LogP contribution in [0.4, 0.5) is 10.1 Å². The van der Waals surface area contributed by atoms with Gasteiger partial charge in [0.1, 0.15) is 5.82 Å². The smallest absolute Gasteiger partial charge is 0.226 e. The molecule has 3 nitrogen and oxygen atoms in total. The Morgan fingerprint density at radius 3 is 2.79 bits per heavy atom. The Morgan fingerprint density at radius 1 is 1.42 bits per heavy atom. The molecule has 0 aliphatic rings. The first-order valence-electron chi connectivity index (χ1n) is 6.08. The number of benzene rings is 1. The normalized spacial score (nSPS) is 10.1. The molecule has 0 aromatic heterocycles. The average Bonchev–Trinajstić information content (AvgIpc) is 2.33. The Hall–Kier alpha value is -0.760. The zero-order valence-corrected chi connectivity index (χ0v) is 13.6. The first-order valence-corrected chi connectivity index (χ1v) is 7.57. The third kappa shape index (κ3) is 6.29. The van der Waals surface area contributed by atoms with E-state index in [0.717, 1.165) is 22.8 Å². The maximum atomic E-state index is 13.6. The summed E-state index contributed by atoms with van der Waals surface area (Å²) in [5.74, 6) is -0.536. The summed E-state index contributed by atoms with van der Waals surface area (Å²) >= 11 is 7.00. The summed E-state index contributed by atoms with van der Waals surface area (Å²) in [5.41, 5.74) is 0.263. The van der Waals surface area contributed by atoms with Crippen LogP contribution >= 0.6 is 34.8 Å². The quantitative estimate of drug-likeness (QED) is 0.453. The molecule has 0 aliphatic heterocycles. The van der Waals surface area contributed by atoms with Crippen LogP contribution in [0.1, 0.15) is 32.6 Å². The SMILES string of the molecule is CCCCCC(=O)NC(=S)Nc1ccc(I)cc1F. The van der Waals surface area contributed by atoms with Crippen LogP contribution in [0.15, 0.2) is 18.2 Å². The number of hydrogen-bond donors (Lipinski definition) is 2. The van der Waals surface area contributed by atoms with Crippen molar-refractivity contribution >= 4 is 51.5 Å². The van der Waals surface area contributed by atoms with Gasteiger partial charge in [-0.1, -0.05) is 19.8 Å². The van der Waals surface area contributed by atoms with Crippen molar-refractivity contribution in [2.24, 2.45) is 0 Å². The molecule has 0 heterocycles. The number of amides is 1. The molecule has 19 heavy (non-hydrogen) atoms. The highest BCUT2D eigenvalue weighted by molar-refractivity contribution is 14.1. The molecule has 1 aromatic rings. The van der Waals surface area contributed by atoms with Gasteiger partial charge in [-0.3, -0.25) is 4.79 Å².